The van der Waals surface area contributed by atoms with Gasteiger partial charge in [0.05, 0.1) is 11.4 Å². The Labute approximate surface area is 113 Å². The predicted octanol–water partition coefficient (Wildman–Crippen LogP) is 1.48. The Morgan fingerprint density at radius 1 is 1.37 bits per heavy atom. The number of carboxylic acids is 1. The molecule has 0 spiro atoms. The summed E-state index contributed by atoms with van der Waals surface area (Å²) >= 11 is 5.59. The maximum Gasteiger partial charge on any atom is 0.372 e. The van der Waals surface area contributed by atoms with E-state index in [2.05, 4.69) is 0 Å². The number of halogens is 2. The number of carbonyl (C=O) groups excluding carboxylic acids is 2. The van der Waals surface area contributed by atoms with Crippen LogP contribution in [0.4, 0.5) is 4.39 Å². The summed E-state index contributed by atoms with van der Waals surface area (Å²) in [5, 5.41) is 8.32. The smallest absolute Gasteiger partial charge is 0.372 e. The van der Waals surface area contributed by atoms with Crippen LogP contribution >= 0.6 is 11.6 Å². The topological polar surface area (TPSA) is 74.7 Å². The number of carbonyl (C=O) groups is 3. The van der Waals surface area contributed by atoms with E-state index >= 15 is 0 Å². The van der Waals surface area contributed by atoms with Crippen LogP contribution in [0.15, 0.2) is 18.2 Å². The molecule has 1 N–H and O–H groups in total. The third-order valence-electron chi connectivity index (χ3n) is 2.38. The lowest BCUT2D eigenvalue weighted by Crippen LogP contribution is -2.30. The molecule has 0 heterocycles. The summed E-state index contributed by atoms with van der Waals surface area (Å²) in [5.74, 6) is -4.02. The molecule has 1 rings (SSSR count). The first-order valence-electron chi connectivity index (χ1n) is 5.25. The summed E-state index contributed by atoms with van der Waals surface area (Å²) in [6.07, 6.45) is -0.708. The number of aliphatic carboxylic acids is 1. The van der Waals surface area contributed by atoms with Crippen molar-refractivity contribution >= 4 is 29.3 Å². The second-order valence-electron chi connectivity index (χ2n) is 3.90. The van der Waals surface area contributed by atoms with Crippen LogP contribution in [0, 0.1) is 5.82 Å². The van der Waals surface area contributed by atoms with Gasteiger partial charge >= 0.3 is 5.97 Å². The molecule has 1 aromatic rings. The van der Waals surface area contributed by atoms with Crippen molar-refractivity contribution < 1.29 is 23.9 Å². The monoisotopic (exact) mass is 287 g/mol. The lowest BCUT2D eigenvalue weighted by molar-refractivity contribution is -0.151. The van der Waals surface area contributed by atoms with Gasteiger partial charge in [-0.25, -0.2) is 9.18 Å². The van der Waals surface area contributed by atoms with Crippen LogP contribution < -0.4 is 0 Å². The molecule has 0 saturated carbocycles. The van der Waals surface area contributed by atoms with E-state index in [9.17, 15) is 18.8 Å². The Hall–Kier alpha value is -1.95. The van der Waals surface area contributed by atoms with Crippen molar-refractivity contribution in [2.45, 2.75) is 13.0 Å². The van der Waals surface area contributed by atoms with E-state index in [0.717, 1.165) is 0 Å². The van der Waals surface area contributed by atoms with Gasteiger partial charge in [0.25, 0.3) is 0 Å². The number of Topliss-reactive ketones (excluding diaryl/α,β-unsaturated/α-hetero) is 1. The summed E-state index contributed by atoms with van der Waals surface area (Å²) in [6, 6.07) is 3.97. The van der Waals surface area contributed by atoms with Gasteiger partial charge in [0.2, 0.25) is 11.7 Å². The summed E-state index contributed by atoms with van der Waals surface area (Å²) in [4.78, 5) is 33.9. The average Bonchev–Trinajstić information content (AvgIpc) is 2.33. The molecule has 0 aliphatic rings. The number of hydrogen-bond acceptors (Lipinski definition) is 3. The van der Waals surface area contributed by atoms with Crippen LogP contribution in [0.25, 0.3) is 0 Å². The number of hydrogen-bond donors (Lipinski definition) is 1. The molecule has 1 aromatic carbocycles. The second-order valence-corrected chi connectivity index (χ2v) is 4.31. The molecule has 0 fully saturated rings. The summed E-state index contributed by atoms with van der Waals surface area (Å²) in [5.41, 5.74) is 0.574. The minimum absolute atomic E-state index is 0.0695. The zero-order valence-electron chi connectivity index (χ0n) is 10.0. The number of benzene rings is 1. The van der Waals surface area contributed by atoms with Gasteiger partial charge in [-0.3, -0.25) is 9.59 Å². The molecule has 0 bridgehead atoms. The molecule has 5 nitrogen and oxygen atoms in total. The maximum atomic E-state index is 12.9. The molecular weight excluding hydrogens is 277 g/mol. The first kappa shape index (κ1) is 15.1. The van der Waals surface area contributed by atoms with Crippen LogP contribution in [-0.2, 0) is 20.9 Å². The van der Waals surface area contributed by atoms with Crippen molar-refractivity contribution in [1.82, 2.24) is 4.90 Å². The quantitative estimate of drug-likeness (QED) is 0.657. The molecule has 0 aliphatic heterocycles. The van der Waals surface area contributed by atoms with Crippen molar-refractivity contribution in [2.75, 3.05) is 7.05 Å². The Morgan fingerprint density at radius 2 is 2.00 bits per heavy atom. The Bertz CT molecular complexity index is 532. The minimum Gasteiger partial charge on any atom is -0.475 e. The fraction of sp³-hybridized carbons (Fsp3) is 0.250. The van der Waals surface area contributed by atoms with Gasteiger partial charge < -0.3 is 10.0 Å². The summed E-state index contributed by atoms with van der Waals surface area (Å²) in [7, 11) is 1.41. The highest BCUT2D eigenvalue weighted by Crippen LogP contribution is 2.17. The lowest BCUT2D eigenvalue weighted by atomic mass is 10.2. The summed E-state index contributed by atoms with van der Waals surface area (Å²) in [6.45, 7) is 0.103. The molecule has 0 saturated heterocycles. The van der Waals surface area contributed by atoms with E-state index in [0.29, 0.717) is 5.56 Å². The zero-order valence-corrected chi connectivity index (χ0v) is 10.8. The van der Waals surface area contributed by atoms with E-state index in [1.54, 1.807) is 0 Å². The van der Waals surface area contributed by atoms with Crippen LogP contribution in [0.3, 0.4) is 0 Å². The predicted molar refractivity (Wildman–Crippen MR) is 65.1 cm³/mol. The Balaban J connectivity index is 2.66. The van der Waals surface area contributed by atoms with Gasteiger partial charge in [0.1, 0.15) is 5.82 Å². The number of rotatable bonds is 5. The van der Waals surface area contributed by atoms with Gasteiger partial charge in [-0.05, 0) is 17.7 Å². The third-order valence-corrected chi connectivity index (χ3v) is 2.67. The van der Waals surface area contributed by atoms with E-state index in [1.165, 1.54) is 30.1 Å². The van der Waals surface area contributed by atoms with Crippen molar-refractivity contribution in [3.05, 3.63) is 34.6 Å². The van der Waals surface area contributed by atoms with Crippen LogP contribution in [-0.4, -0.2) is 34.7 Å². The van der Waals surface area contributed by atoms with Crippen molar-refractivity contribution in [3.8, 4) is 0 Å². The largest absolute Gasteiger partial charge is 0.475 e. The number of nitrogens with zero attached hydrogens (tertiary/aromatic N) is 1. The number of ketones is 1. The molecule has 19 heavy (non-hydrogen) atoms. The van der Waals surface area contributed by atoms with E-state index < -0.39 is 29.9 Å². The molecule has 0 aliphatic carbocycles. The first-order chi connectivity index (χ1) is 8.81. The molecule has 7 heteroatoms. The van der Waals surface area contributed by atoms with E-state index in [1.807, 2.05) is 0 Å². The fourth-order valence-electron chi connectivity index (χ4n) is 1.35. The maximum absolute atomic E-state index is 12.9. The lowest BCUT2D eigenvalue weighted by Gasteiger charge is -2.16. The molecule has 1 amide bonds. The zero-order chi connectivity index (χ0) is 14.6. The minimum atomic E-state index is -1.65. The van der Waals surface area contributed by atoms with Crippen molar-refractivity contribution in [1.29, 1.82) is 0 Å². The van der Waals surface area contributed by atoms with Crippen LogP contribution in [0.2, 0.25) is 5.02 Å². The summed E-state index contributed by atoms with van der Waals surface area (Å²) < 4.78 is 12.9. The fourth-order valence-corrected chi connectivity index (χ4v) is 1.55. The molecule has 102 valence electrons. The molecule has 0 radical (unpaired) electrons. The number of amides is 1. The van der Waals surface area contributed by atoms with Gasteiger partial charge in [0, 0.05) is 13.6 Å². The van der Waals surface area contributed by atoms with E-state index in [-0.39, 0.29) is 11.6 Å². The molecule has 0 atom stereocenters. The van der Waals surface area contributed by atoms with Crippen molar-refractivity contribution in [2.24, 2.45) is 0 Å². The highest BCUT2D eigenvalue weighted by molar-refractivity contribution is 6.36. The van der Waals surface area contributed by atoms with Crippen molar-refractivity contribution in [3.63, 3.8) is 0 Å². The third kappa shape index (κ3) is 4.33. The highest BCUT2D eigenvalue weighted by Gasteiger charge is 2.19. The van der Waals surface area contributed by atoms with Gasteiger partial charge in [0.15, 0.2) is 0 Å². The normalized spacial score (nSPS) is 10.1. The molecule has 0 unspecified atom stereocenters. The van der Waals surface area contributed by atoms with E-state index in [4.69, 9.17) is 16.7 Å². The second kappa shape index (κ2) is 6.29. The van der Waals surface area contributed by atoms with Gasteiger partial charge in [-0.2, -0.15) is 0 Å². The standard InChI is InChI=1S/C12H11ClFNO4/c1-15(11(17)5-10(16)12(18)19)6-7-2-3-9(14)8(13)4-7/h2-4H,5-6H2,1H3,(H,18,19). The van der Waals surface area contributed by atoms with Gasteiger partial charge in [-0.15, -0.1) is 0 Å². The van der Waals surface area contributed by atoms with Gasteiger partial charge in [-0.1, -0.05) is 17.7 Å². The Kier molecular flexibility index (Phi) is 5.00. The van der Waals surface area contributed by atoms with Crippen LogP contribution in [0.1, 0.15) is 12.0 Å². The highest BCUT2D eigenvalue weighted by atomic mass is 35.5. The molecular formula is C12H11ClFNO4. The SMILES string of the molecule is CN(Cc1ccc(F)c(Cl)c1)C(=O)CC(=O)C(=O)O. The van der Waals surface area contributed by atoms with Crippen LogP contribution in [0.5, 0.6) is 0 Å². The Morgan fingerprint density at radius 3 is 2.53 bits per heavy atom. The number of carboxylic acid groups (broad SMARTS) is 1. The average molecular weight is 288 g/mol. The first-order valence-corrected chi connectivity index (χ1v) is 5.63. The molecule has 0 aromatic heterocycles.